The average molecular weight is 356 g/mol. The van der Waals surface area contributed by atoms with Crippen molar-refractivity contribution in [2.75, 3.05) is 36.0 Å². The van der Waals surface area contributed by atoms with Crippen LogP contribution in [0.25, 0.3) is 10.8 Å². The van der Waals surface area contributed by atoms with Gasteiger partial charge >= 0.3 is 0 Å². The molecule has 4 atom stereocenters. The number of benzene rings is 1. The van der Waals surface area contributed by atoms with E-state index in [1.54, 1.807) is 0 Å². The van der Waals surface area contributed by atoms with E-state index < -0.39 is 0 Å². The summed E-state index contributed by atoms with van der Waals surface area (Å²) in [5.74, 6) is 1.70. The molecule has 8 N–H and O–H groups in total. The van der Waals surface area contributed by atoms with E-state index in [1.165, 1.54) is 0 Å². The molecule has 0 spiro atoms. The Kier molecular flexibility index (Phi) is 4.66. The SMILES string of the molecule is N[C@@H]1C[C@H](N)CN(c2nnc(N3C[C@H](N)C[C@H](N)C3)c3ccccc23)C1. The van der Waals surface area contributed by atoms with E-state index in [1.807, 2.05) is 12.1 Å². The summed E-state index contributed by atoms with van der Waals surface area (Å²) in [6, 6.07) is 8.42. The summed E-state index contributed by atoms with van der Waals surface area (Å²) in [6.45, 7) is 2.97. The van der Waals surface area contributed by atoms with Gasteiger partial charge in [-0.3, -0.25) is 0 Å². The molecule has 2 fully saturated rings. The van der Waals surface area contributed by atoms with E-state index in [2.05, 4.69) is 32.1 Å². The smallest absolute Gasteiger partial charge is 0.159 e. The molecular formula is C18H28N8. The van der Waals surface area contributed by atoms with Crippen molar-refractivity contribution >= 4 is 22.4 Å². The van der Waals surface area contributed by atoms with Crippen molar-refractivity contribution in [1.82, 2.24) is 10.2 Å². The maximum atomic E-state index is 6.17. The molecule has 0 radical (unpaired) electrons. The first kappa shape index (κ1) is 17.4. The third-order valence-electron chi connectivity index (χ3n) is 5.28. The summed E-state index contributed by atoms with van der Waals surface area (Å²) in [5.41, 5.74) is 24.7. The predicted octanol–water partition coefficient (Wildman–Crippen LogP) is -0.641. The van der Waals surface area contributed by atoms with Crippen LogP contribution >= 0.6 is 0 Å². The number of nitrogens with two attached hydrogens (primary N) is 4. The van der Waals surface area contributed by atoms with Crippen molar-refractivity contribution in [2.24, 2.45) is 22.9 Å². The molecule has 140 valence electrons. The Hall–Kier alpha value is -2.00. The second kappa shape index (κ2) is 6.96. The molecule has 3 heterocycles. The molecule has 0 saturated carbocycles. The quantitative estimate of drug-likeness (QED) is 0.558. The van der Waals surface area contributed by atoms with E-state index in [4.69, 9.17) is 22.9 Å². The van der Waals surface area contributed by atoms with Gasteiger partial charge in [-0.15, -0.1) is 10.2 Å². The van der Waals surface area contributed by atoms with Crippen LogP contribution in [0.3, 0.4) is 0 Å². The summed E-state index contributed by atoms with van der Waals surface area (Å²) in [6.07, 6.45) is 1.67. The van der Waals surface area contributed by atoms with Crippen LogP contribution in [-0.4, -0.2) is 60.5 Å². The second-order valence-electron chi connectivity index (χ2n) is 7.71. The van der Waals surface area contributed by atoms with Crippen LogP contribution < -0.4 is 32.7 Å². The monoisotopic (exact) mass is 356 g/mol. The van der Waals surface area contributed by atoms with Crippen LogP contribution in [0.4, 0.5) is 11.6 Å². The molecule has 0 unspecified atom stereocenters. The van der Waals surface area contributed by atoms with Crippen LogP contribution in [-0.2, 0) is 0 Å². The molecule has 2 saturated heterocycles. The number of aromatic nitrogens is 2. The zero-order chi connectivity index (χ0) is 18.3. The fourth-order valence-corrected chi connectivity index (χ4v) is 4.25. The van der Waals surface area contributed by atoms with Gasteiger partial charge in [-0.2, -0.15) is 0 Å². The van der Waals surface area contributed by atoms with Gasteiger partial charge in [0, 0.05) is 61.1 Å². The molecule has 0 amide bonds. The van der Waals surface area contributed by atoms with E-state index in [-0.39, 0.29) is 24.2 Å². The Morgan fingerprint density at radius 1 is 0.654 bits per heavy atom. The predicted molar refractivity (Wildman–Crippen MR) is 105 cm³/mol. The fourth-order valence-electron chi connectivity index (χ4n) is 4.25. The molecular weight excluding hydrogens is 328 g/mol. The zero-order valence-electron chi connectivity index (χ0n) is 15.0. The number of fused-ring (bicyclic) bond motifs is 1. The summed E-state index contributed by atoms with van der Waals surface area (Å²) in [4.78, 5) is 4.32. The number of hydrogen-bond donors (Lipinski definition) is 4. The fraction of sp³-hybridized carbons (Fsp3) is 0.556. The molecule has 1 aromatic carbocycles. The van der Waals surface area contributed by atoms with Gasteiger partial charge in [0.1, 0.15) is 0 Å². The highest BCUT2D eigenvalue weighted by molar-refractivity contribution is 5.99. The van der Waals surface area contributed by atoms with E-state index >= 15 is 0 Å². The van der Waals surface area contributed by atoms with Crippen molar-refractivity contribution in [3.05, 3.63) is 24.3 Å². The van der Waals surface area contributed by atoms with Gasteiger partial charge in [0.05, 0.1) is 0 Å². The summed E-state index contributed by atoms with van der Waals surface area (Å²) < 4.78 is 0. The Morgan fingerprint density at radius 3 is 1.35 bits per heavy atom. The Balaban J connectivity index is 1.74. The lowest BCUT2D eigenvalue weighted by Crippen LogP contribution is -2.53. The van der Waals surface area contributed by atoms with Gasteiger partial charge in [-0.25, -0.2) is 0 Å². The van der Waals surface area contributed by atoms with Crippen LogP contribution in [0.2, 0.25) is 0 Å². The van der Waals surface area contributed by atoms with E-state index in [0.29, 0.717) is 0 Å². The minimum absolute atomic E-state index is 0.0529. The van der Waals surface area contributed by atoms with Crippen LogP contribution in [0.15, 0.2) is 24.3 Å². The third-order valence-corrected chi connectivity index (χ3v) is 5.28. The standard InChI is InChI=1S/C18H28N8/c19-11-5-12(20)8-25(7-11)17-15-3-1-2-4-16(15)18(24-23-17)26-9-13(21)6-14(22)10-26/h1-4,11-14H,5-10,19-22H2/t11-,12+,13-,14+. The summed E-state index contributed by atoms with van der Waals surface area (Å²) >= 11 is 0. The van der Waals surface area contributed by atoms with Crippen molar-refractivity contribution < 1.29 is 0 Å². The first-order valence-electron chi connectivity index (χ1n) is 9.29. The van der Waals surface area contributed by atoms with Crippen molar-refractivity contribution in [1.29, 1.82) is 0 Å². The maximum absolute atomic E-state index is 6.17. The lowest BCUT2D eigenvalue weighted by Gasteiger charge is -2.37. The maximum Gasteiger partial charge on any atom is 0.159 e. The lowest BCUT2D eigenvalue weighted by atomic mass is 10.0. The molecule has 8 nitrogen and oxygen atoms in total. The molecule has 1 aromatic heterocycles. The third kappa shape index (κ3) is 3.33. The minimum Gasteiger partial charge on any atom is -0.352 e. The Labute approximate surface area is 153 Å². The van der Waals surface area contributed by atoms with Gasteiger partial charge in [-0.1, -0.05) is 24.3 Å². The summed E-state index contributed by atoms with van der Waals surface area (Å²) in [5, 5.41) is 11.3. The highest BCUT2D eigenvalue weighted by Crippen LogP contribution is 2.32. The Morgan fingerprint density at radius 2 is 1.00 bits per heavy atom. The molecule has 2 aromatic rings. The molecule has 0 bridgehead atoms. The average Bonchev–Trinajstić information content (AvgIpc) is 2.59. The molecule has 26 heavy (non-hydrogen) atoms. The van der Waals surface area contributed by atoms with Gasteiger partial charge < -0.3 is 32.7 Å². The molecule has 8 heteroatoms. The number of piperidine rings is 2. The topological polar surface area (TPSA) is 136 Å². The molecule has 2 aliphatic heterocycles. The first-order chi connectivity index (χ1) is 12.5. The number of nitrogens with zero attached hydrogens (tertiary/aromatic N) is 4. The highest BCUT2D eigenvalue weighted by atomic mass is 15.3. The zero-order valence-corrected chi connectivity index (χ0v) is 15.0. The minimum atomic E-state index is 0.0529. The van der Waals surface area contributed by atoms with Gasteiger partial charge in [0.25, 0.3) is 0 Å². The van der Waals surface area contributed by atoms with Crippen LogP contribution in [0.1, 0.15) is 12.8 Å². The van der Waals surface area contributed by atoms with Crippen LogP contribution in [0, 0.1) is 0 Å². The summed E-state index contributed by atoms with van der Waals surface area (Å²) in [7, 11) is 0. The molecule has 4 rings (SSSR count). The van der Waals surface area contributed by atoms with E-state index in [0.717, 1.165) is 61.4 Å². The normalized spacial score (nSPS) is 30.0. The number of rotatable bonds is 2. The van der Waals surface area contributed by atoms with Gasteiger partial charge in [-0.05, 0) is 12.8 Å². The second-order valence-corrected chi connectivity index (χ2v) is 7.71. The number of hydrogen-bond acceptors (Lipinski definition) is 8. The van der Waals surface area contributed by atoms with Crippen molar-refractivity contribution in [3.8, 4) is 0 Å². The lowest BCUT2D eigenvalue weighted by molar-refractivity contribution is 0.446. The van der Waals surface area contributed by atoms with E-state index in [9.17, 15) is 0 Å². The first-order valence-corrected chi connectivity index (χ1v) is 9.29. The largest absolute Gasteiger partial charge is 0.352 e. The van der Waals surface area contributed by atoms with Crippen molar-refractivity contribution in [3.63, 3.8) is 0 Å². The van der Waals surface area contributed by atoms with Gasteiger partial charge in [0.2, 0.25) is 0 Å². The Bertz CT molecular complexity index is 696. The van der Waals surface area contributed by atoms with Gasteiger partial charge in [0.15, 0.2) is 11.6 Å². The van der Waals surface area contributed by atoms with Crippen LogP contribution in [0.5, 0.6) is 0 Å². The molecule has 2 aliphatic rings. The van der Waals surface area contributed by atoms with Crippen molar-refractivity contribution in [2.45, 2.75) is 37.0 Å². The highest BCUT2D eigenvalue weighted by Gasteiger charge is 2.28. The molecule has 0 aliphatic carbocycles. The number of anilines is 2.